The molecule has 28 heavy (non-hydrogen) atoms. The minimum atomic E-state index is -0.301. The molecule has 0 atom stereocenters. The van der Waals surface area contributed by atoms with Crippen molar-refractivity contribution in [1.82, 2.24) is 31.3 Å². The lowest BCUT2D eigenvalue weighted by atomic mass is 10.2. The van der Waals surface area contributed by atoms with Gasteiger partial charge in [0.05, 0.1) is 0 Å². The molecule has 0 fully saturated rings. The van der Waals surface area contributed by atoms with Crippen molar-refractivity contribution in [3.8, 4) is 11.5 Å². The van der Waals surface area contributed by atoms with Crippen LogP contribution < -0.4 is 16.2 Å². The maximum atomic E-state index is 12.9. The summed E-state index contributed by atoms with van der Waals surface area (Å²) in [5.74, 6) is 0.127. The third-order valence-electron chi connectivity index (χ3n) is 3.61. The lowest BCUT2D eigenvalue weighted by molar-refractivity contribution is -0.121. The van der Waals surface area contributed by atoms with Crippen molar-refractivity contribution in [3.63, 3.8) is 0 Å². The molecule has 2 heterocycles. The molecular formula is C18H17FN6O2S. The fourth-order valence-corrected chi connectivity index (χ4v) is 2.32. The zero-order chi connectivity index (χ0) is 19.8. The Balaban J connectivity index is 1.37. The minimum absolute atomic E-state index is 0.136. The summed E-state index contributed by atoms with van der Waals surface area (Å²) in [5, 5.41) is 6.99. The Hall–Kier alpha value is -3.40. The van der Waals surface area contributed by atoms with E-state index in [1.807, 2.05) is 6.07 Å². The van der Waals surface area contributed by atoms with Crippen LogP contribution in [0.15, 0.2) is 53.2 Å². The first-order chi connectivity index (χ1) is 13.6. The van der Waals surface area contributed by atoms with E-state index in [9.17, 15) is 9.18 Å². The van der Waals surface area contributed by atoms with E-state index in [1.54, 1.807) is 30.5 Å². The van der Waals surface area contributed by atoms with Crippen molar-refractivity contribution < 1.29 is 13.7 Å². The third-order valence-corrected chi connectivity index (χ3v) is 3.86. The second-order valence-electron chi connectivity index (χ2n) is 5.71. The summed E-state index contributed by atoms with van der Waals surface area (Å²) in [6, 6.07) is 11.4. The molecule has 3 rings (SSSR count). The summed E-state index contributed by atoms with van der Waals surface area (Å²) < 4.78 is 18.0. The molecule has 0 saturated heterocycles. The molecule has 0 unspecified atom stereocenters. The number of hydrazine groups is 1. The van der Waals surface area contributed by atoms with E-state index in [0.29, 0.717) is 24.0 Å². The molecule has 144 valence electrons. The Labute approximate surface area is 165 Å². The predicted octanol–water partition coefficient (Wildman–Crippen LogP) is 1.90. The Morgan fingerprint density at radius 1 is 1.14 bits per heavy atom. The van der Waals surface area contributed by atoms with Crippen LogP contribution in [0.2, 0.25) is 0 Å². The second-order valence-corrected chi connectivity index (χ2v) is 6.12. The molecule has 0 radical (unpaired) electrons. The van der Waals surface area contributed by atoms with Gasteiger partial charge in [-0.1, -0.05) is 23.4 Å². The number of nitrogens with one attached hydrogen (secondary N) is 3. The third kappa shape index (κ3) is 5.81. The molecular weight excluding hydrogens is 383 g/mol. The summed E-state index contributed by atoms with van der Waals surface area (Å²) in [6.45, 7) is 0.403. The average molecular weight is 400 g/mol. The standard InChI is InChI=1S/C18H17FN6O2S/c19-13-6-4-12(5-7-13)11-21-18(28)24-23-15(26)8-9-16-22-17(25-27-16)14-3-1-2-10-20-14/h1-7,10H,8-9,11H2,(H,23,26)(H2,21,24,28). The first-order valence-electron chi connectivity index (χ1n) is 8.41. The van der Waals surface area contributed by atoms with Gasteiger partial charge >= 0.3 is 0 Å². The molecule has 8 nitrogen and oxygen atoms in total. The van der Waals surface area contributed by atoms with Crippen LogP contribution in [-0.4, -0.2) is 26.1 Å². The highest BCUT2D eigenvalue weighted by molar-refractivity contribution is 7.80. The van der Waals surface area contributed by atoms with Gasteiger partial charge in [0, 0.05) is 25.6 Å². The van der Waals surface area contributed by atoms with Crippen molar-refractivity contribution in [2.45, 2.75) is 19.4 Å². The van der Waals surface area contributed by atoms with Crippen LogP contribution in [0.25, 0.3) is 11.5 Å². The molecule has 0 saturated carbocycles. The summed E-state index contributed by atoms with van der Waals surface area (Å²) in [4.78, 5) is 20.3. The SMILES string of the molecule is O=C(CCc1nc(-c2ccccn2)no1)NNC(=S)NCc1ccc(F)cc1. The van der Waals surface area contributed by atoms with Gasteiger partial charge in [0.25, 0.3) is 0 Å². The molecule has 0 aliphatic heterocycles. The number of hydrogen-bond donors (Lipinski definition) is 3. The van der Waals surface area contributed by atoms with E-state index in [4.69, 9.17) is 16.7 Å². The average Bonchev–Trinajstić information content (AvgIpc) is 3.20. The molecule has 0 aliphatic rings. The van der Waals surface area contributed by atoms with Crippen molar-refractivity contribution in [3.05, 3.63) is 65.9 Å². The number of benzene rings is 1. The largest absolute Gasteiger partial charge is 0.357 e. The number of thiocarbonyl (C=S) groups is 1. The van der Waals surface area contributed by atoms with E-state index >= 15 is 0 Å². The van der Waals surface area contributed by atoms with Crippen molar-refractivity contribution in [1.29, 1.82) is 0 Å². The molecule has 1 aromatic carbocycles. The van der Waals surface area contributed by atoms with Crippen LogP contribution in [-0.2, 0) is 17.8 Å². The van der Waals surface area contributed by atoms with Crippen LogP contribution >= 0.6 is 12.2 Å². The smallest absolute Gasteiger partial charge is 0.238 e. The number of carbonyl (C=O) groups is 1. The lowest BCUT2D eigenvalue weighted by Crippen LogP contribution is -2.46. The molecule has 0 aliphatic carbocycles. The van der Waals surface area contributed by atoms with Gasteiger partial charge in [0.2, 0.25) is 17.6 Å². The normalized spacial score (nSPS) is 10.3. The van der Waals surface area contributed by atoms with Gasteiger partial charge < -0.3 is 9.84 Å². The first-order valence-corrected chi connectivity index (χ1v) is 8.82. The van der Waals surface area contributed by atoms with Crippen LogP contribution in [0, 0.1) is 5.82 Å². The Morgan fingerprint density at radius 2 is 1.96 bits per heavy atom. The predicted molar refractivity (Wildman–Crippen MR) is 103 cm³/mol. The topological polar surface area (TPSA) is 105 Å². The fourth-order valence-electron chi connectivity index (χ4n) is 2.19. The van der Waals surface area contributed by atoms with Gasteiger partial charge in [-0.15, -0.1) is 0 Å². The summed E-state index contributed by atoms with van der Waals surface area (Å²) in [5.41, 5.74) is 6.54. The number of carbonyl (C=O) groups excluding carboxylic acids is 1. The van der Waals surface area contributed by atoms with Gasteiger partial charge in [-0.2, -0.15) is 4.98 Å². The molecule has 10 heteroatoms. The number of hydrogen-bond acceptors (Lipinski definition) is 6. The van der Waals surface area contributed by atoms with Gasteiger partial charge in [0.1, 0.15) is 11.5 Å². The Bertz CT molecular complexity index is 933. The number of pyridine rings is 1. The highest BCUT2D eigenvalue weighted by atomic mass is 32.1. The van der Waals surface area contributed by atoms with Crippen molar-refractivity contribution in [2.75, 3.05) is 0 Å². The lowest BCUT2D eigenvalue weighted by Gasteiger charge is -2.11. The number of halogens is 1. The number of aromatic nitrogens is 3. The molecule has 3 N–H and O–H groups in total. The first kappa shape index (κ1) is 19.4. The van der Waals surface area contributed by atoms with Gasteiger partial charge in [-0.05, 0) is 42.0 Å². The minimum Gasteiger partial charge on any atom is -0.357 e. The van der Waals surface area contributed by atoms with Crippen molar-refractivity contribution >= 4 is 23.2 Å². The molecule has 1 amide bonds. The monoisotopic (exact) mass is 400 g/mol. The van der Waals surface area contributed by atoms with Crippen LogP contribution in [0.4, 0.5) is 4.39 Å². The van der Waals surface area contributed by atoms with Crippen LogP contribution in [0.3, 0.4) is 0 Å². The summed E-state index contributed by atoms with van der Waals surface area (Å²) in [6.07, 6.45) is 2.05. The summed E-state index contributed by atoms with van der Waals surface area (Å²) >= 11 is 5.07. The number of amides is 1. The zero-order valence-electron chi connectivity index (χ0n) is 14.7. The number of rotatable bonds is 6. The van der Waals surface area contributed by atoms with Crippen molar-refractivity contribution in [2.24, 2.45) is 0 Å². The van der Waals surface area contributed by atoms with E-state index in [2.05, 4.69) is 31.3 Å². The fraction of sp³-hybridized carbons (Fsp3) is 0.167. The van der Waals surface area contributed by atoms with Gasteiger partial charge in [0.15, 0.2) is 5.11 Å². The Kier molecular flexibility index (Phi) is 6.58. The van der Waals surface area contributed by atoms with E-state index < -0.39 is 0 Å². The maximum Gasteiger partial charge on any atom is 0.238 e. The Morgan fingerprint density at radius 3 is 2.71 bits per heavy atom. The highest BCUT2D eigenvalue weighted by Gasteiger charge is 2.11. The highest BCUT2D eigenvalue weighted by Crippen LogP contribution is 2.12. The van der Waals surface area contributed by atoms with E-state index in [1.165, 1.54) is 12.1 Å². The quantitative estimate of drug-likeness (QED) is 0.426. The van der Waals surface area contributed by atoms with Gasteiger partial charge in [-0.25, -0.2) is 4.39 Å². The van der Waals surface area contributed by atoms with Gasteiger partial charge in [-0.3, -0.25) is 20.6 Å². The molecule has 0 bridgehead atoms. The zero-order valence-corrected chi connectivity index (χ0v) is 15.5. The number of nitrogens with zero attached hydrogens (tertiary/aromatic N) is 3. The van der Waals surface area contributed by atoms with E-state index in [0.717, 1.165) is 5.56 Å². The summed E-state index contributed by atoms with van der Waals surface area (Å²) in [7, 11) is 0. The number of aryl methyl sites for hydroxylation is 1. The van der Waals surface area contributed by atoms with E-state index in [-0.39, 0.29) is 29.7 Å². The molecule has 3 aromatic rings. The van der Waals surface area contributed by atoms with Crippen LogP contribution in [0.5, 0.6) is 0 Å². The second kappa shape index (κ2) is 9.51. The maximum absolute atomic E-state index is 12.9. The van der Waals surface area contributed by atoms with Crippen LogP contribution in [0.1, 0.15) is 17.9 Å². The molecule has 0 spiro atoms. The molecule has 2 aromatic heterocycles.